The first-order valence-electron chi connectivity index (χ1n) is 10.1. The summed E-state index contributed by atoms with van der Waals surface area (Å²) in [7, 11) is 0. The van der Waals surface area contributed by atoms with Crippen molar-refractivity contribution in [2.24, 2.45) is 5.73 Å². The molecule has 0 saturated heterocycles. The molecule has 5 N–H and O–H groups in total. The number of nitrogens with one attached hydrogen (secondary N) is 2. The van der Waals surface area contributed by atoms with Gasteiger partial charge in [0, 0.05) is 29.8 Å². The summed E-state index contributed by atoms with van der Waals surface area (Å²) >= 11 is 6.34. The number of aliphatic hydroxyl groups excluding tert-OH is 1. The van der Waals surface area contributed by atoms with Crippen LogP contribution in [-0.2, 0) is 0 Å². The zero-order valence-corrected chi connectivity index (χ0v) is 17.9. The van der Waals surface area contributed by atoms with E-state index in [2.05, 4.69) is 15.6 Å². The van der Waals surface area contributed by atoms with Crippen molar-refractivity contribution >= 4 is 34.2 Å². The molecule has 1 aliphatic carbocycles. The summed E-state index contributed by atoms with van der Waals surface area (Å²) in [5.41, 5.74) is 6.63. The molecule has 32 heavy (non-hydrogen) atoms. The van der Waals surface area contributed by atoms with E-state index in [1.54, 1.807) is 42.6 Å². The van der Waals surface area contributed by atoms with Gasteiger partial charge >= 0.3 is 6.03 Å². The van der Waals surface area contributed by atoms with Crippen LogP contribution in [0, 0.1) is 0 Å². The molecule has 4 rings (SSSR count). The van der Waals surface area contributed by atoms with E-state index in [0.717, 1.165) is 12.8 Å². The predicted molar refractivity (Wildman–Crippen MR) is 121 cm³/mol. The molecule has 0 atom stereocenters. The average Bonchev–Trinajstić information content (AvgIpc) is 3.58. The highest BCUT2D eigenvalue weighted by Crippen LogP contribution is 2.38. The van der Waals surface area contributed by atoms with Gasteiger partial charge < -0.3 is 30.0 Å². The first-order valence-corrected chi connectivity index (χ1v) is 10.5. The van der Waals surface area contributed by atoms with Crippen LogP contribution in [0.5, 0.6) is 23.0 Å². The van der Waals surface area contributed by atoms with E-state index in [1.807, 2.05) is 0 Å². The van der Waals surface area contributed by atoms with E-state index in [0.29, 0.717) is 44.6 Å². The second-order valence-corrected chi connectivity index (χ2v) is 7.53. The molecule has 1 saturated carbocycles. The molecule has 2 aromatic carbocycles. The van der Waals surface area contributed by atoms with Gasteiger partial charge in [-0.1, -0.05) is 11.6 Å². The number of aliphatic hydroxyl groups is 1. The van der Waals surface area contributed by atoms with E-state index in [9.17, 15) is 4.79 Å². The molecule has 2 amide bonds. The normalized spacial score (nSPS) is 13.0. The number of urea groups is 1. The Morgan fingerprint density at radius 3 is 2.69 bits per heavy atom. The fraction of sp³-hybridized carbons (Fsp3) is 0.273. The Hall–Kier alpha value is -3.27. The Bertz CT molecular complexity index is 1120. The van der Waals surface area contributed by atoms with Gasteiger partial charge in [0.1, 0.15) is 24.8 Å². The molecule has 0 aliphatic heterocycles. The summed E-state index contributed by atoms with van der Waals surface area (Å²) in [6, 6.07) is 10.1. The number of nitrogens with two attached hydrogens (primary N) is 1. The highest BCUT2D eigenvalue weighted by Gasteiger charge is 2.23. The van der Waals surface area contributed by atoms with Crippen molar-refractivity contribution in [2.75, 3.05) is 25.3 Å². The van der Waals surface area contributed by atoms with Gasteiger partial charge in [-0.25, -0.2) is 4.79 Å². The van der Waals surface area contributed by atoms with Crippen LogP contribution in [0.15, 0.2) is 42.6 Å². The van der Waals surface area contributed by atoms with Gasteiger partial charge in [0.2, 0.25) is 0 Å². The number of anilines is 1. The molecule has 10 heteroatoms. The first-order chi connectivity index (χ1) is 15.6. The van der Waals surface area contributed by atoms with E-state index in [1.165, 1.54) is 0 Å². The van der Waals surface area contributed by atoms with Crippen LogP contribution >= 0.6 is 11.6 Å². The lowest BCUT2D eigenvalue weighted by Gasteiger charge is -2.15. The number of ether oxygens (including phenoxy) is 3. The van der Waals surface area contributed by atoms with Crippen LogP contribution in [0.2, 0.25) is 5.02 Å². The molecule has 0 spiro atoms. The summed E-state index contributed by atoms with van der Waals surface area (Å²) in [5.74, 6) is 1.83. The molecule has 3 aromatic rings. The number of hydrogen-bond donors (Lipinski definition) is 4. The summed E-state index contributed by atoms with van der Waals surface area (Å²) < 4.78 is 17.0. The average molecular weight is 459 g/mol. The third-order valence-corrected chi connectivity index (χ3v) is 5.00. The van der Waals surface area contributed by atoms with Gasteiger partial charge in [-0.2, -0.15) is 0 Å². The third kappa shape index (κ3) is 5.31. The number of halogens is 1. The highest BCUT2D eigenvalue weighted by atomic mass is 35.5. The van der Waals surface area contributed by atoms with Gasteiger partial charge in [-0.15, -0.1) is 0 Å². The monoisotopic (exact) mass is 458 g/mol. The summed E-state index contributed by atoms with van der Waals surface area (Å²) in [4.78, 5) is 16.3. The number of hydrogen-bond acceptors (Lipinski definition) is 7. The van der Waals surface area contributed by atoms with E-state index >= 15 is 0 Å². The minimum atomic E-state index is -0.283. The second-order valence-electron chi connectivity index (χ2n) is 7.12. The van der Waals surface area contributed by atoms with Crippen LogP contribution in [0.25, 0.3) is 10.9 Å². The van der Waals surface area contributed by atoms with Crippen molar-refractivity contribution in [1.29, 1.82) is 0 Å². The fourth-order valence-electron chi connectivity index (χ4n) is 3.05. The lowest BCUT2D eigenvalue weighted by molar-refractivity contribution is 0.194. The van der Waals surface area contributed by atoms with Crippen LogP contribution in [0.4, 0.5) is 10.5 Å². The number of amides is 2. The lowest BCUT2D eigenvalue weighted by Crippen LogP contribution is -2.30. The number of pyridine rings is 1. The number of fused-ring (bicyclic) bond motifs is 1. The van der Waals surface area contributed by atoms with Crippen molar-refractivity contribution < 1.29 is 24.1 Å². The maximum Gasteiger partial charge on any atom is 0.319 e. The molecular weight excluding hydrogens is 436 g/mol. The van der Waals surface area contributed by atoms with E-state index in [4.69, 9.17) is 36.7 Å². The highest BCUT2D eigenvalue weighted by molar-refractivity contribution is 6.33. The topological polar surface area (TPSA) is 128 Å². The number of rotatable bonds is 9. The molecule has 0 unspecified atom stereocenters. The smallest absolute Gasteiger partial charge is 0.319 e. The number of benzene rings is 2. The molecule has 1 aromatic heterocycles. The first kappa shape index (κ1) is 21.9. The van der Waals surface area contributed by atoms with Crippen molar-refractivity contribution in [3.63, 3.8) is 0 Å². The van der Waals surface area contributed by atoms with Crippen LogP contribution in [0.3, 0.4) is 0 Å². The minimum absolute atomic E-state index is 0.0458. The third-order valence-electron chi connectivity index (χ3n) is 4.68. The second kappa shape index (κ2) is 9.90. The molecule has 0 radical (unpaired) electrons. The van der Waals surface area contributed by atoms with Gasteiger partial charge in [-0.3, -0.25) is 10.7 Å². The number of carbonyl (C=O) groups excluding carboxylic acids is 1. The van der Waals surface area contributed by atoms with Gasteiger partial charge in [-0.05, 0) is 37.1 Å². The number of nitrogens with zero attached hydrogens (tertiary/aromatic N) is 1. The Labute approximate surface area is 189 Å². The summed E-state index contributed by atoms with van der Waals surface area (Å²) in [6.45, 7) is -0.0689. The molecule has 9 nitrogen and oxygen atoms in total. The van der Waals surface area contributed by atoms with Crippen LogP contribution in [-0.4, -0.2) is 42.1 Å². The zero-order chi connectivity index (χ0) is 22.5. The number of carbonyl (C=O) groups is 1. The Kier molecular flexibility index (Phi) is 6.79. The van der Waals surface area contributed by atoms with Crippen molar-refractivity contribution in [3.05, 3.63) is 47.6 Å². The molecule has 168 valence electrons. The van der Waals surface area contributed by atoms with Crippen molar-refractivity contribution in [3.8, 4) is 23.0 Å². The van der Waals surface area contributed by atoms with E-state index in [-0.39, 0.29) is 32.0 Å². The SMILES string of the molecule is NCOc1cc2c(Oc3ccc(NC(=O)NC4CC4)c(Cl)c3)ccnc2cc1OCCO. The van der Waals surface area contributed by atoms with Gasteiger partial charge in [0.25, 0.3) is 0 Å². The van der Waals surface area contributed by atoms with Crippen molar-refractivity contribution in [1.82, 2.24) is 10.3 Å². The minimum Gasteiger partial charge on any atom is -0.487 e. The Balaban J connectivity index is 1.57. The molecule has 0 bridgehead atoms. The van der Waals surface area contributed by atoms with Gasteiger partial charge in [0.15, 0.2) is 11.5 Å². The van der Waals surface area contributed by atoms with Gasteiger partial charge in [0.05, 0.1) is 22.8 Å². The maximum atomic E-state index is 12.0. The summed E-state index contributed by atoms with van der Waals surface area (Å²) in [5, 5.41) is 15.6. The maximum absolute atomic E-state index is 12.0. The largest absolute Gasteiger partial charge is 0.487 e. The Morgan fingerprint density at radius 1 is 1.16 bits per heavy atom. The quantitative estimate of drug-likeness (QED) is 0.360. The predicted octanol–water partition coefficient (Wildman–Crippen LogP) is 3.63. The number of aromatic nitrogens is 1. The summed E-state index contributed by atoms with van der Waals surface area (Å²) in [6.07, 6.45) is 3.61. The fourth-order valence-corrected chi connectivity index (χ4v) is 3.27. The van der Waals surface area contributed by atoms with Crippen LogP contribution in [0.1, 0.15) is 12.8 Å². The van der Waals surface area contributed by atoms with Crippen LogP contribution < -0.4 is 30.6 Å². The molecular formula is C22H23ClN4O5. The zero-order valence-electron chi connectivity index (χ0n) is 17.1. The van der Waals surface area contributed by atoms with E-state index < -0.39 is 0 Å². The molecule has 1 aliphatic rings. The molecule has 1 fully saturated rings. The Morgan fingerprint density at radius 2 is 1.97 bits per heavy atom. The van der Waals surface area contributed by atoms with Crippen molar-refractivity contribution in [2.45, 2.75) is 18.9 Å². The molecule has 1 heterocycles. The standard InChI is InChI=1S/C22H23ClN4O5/c23-16-9-14(3-4-17(16)27-22(29)26-13-1-2-13)32-19-5-6-25-18-11-21(30-8-7-28)20(31-12-24)10-15(18)19/h3-6,9-11,13,28H,1-2,7-8,12,24H2,(H2,26,27,29). The lowest BCUT2D eigenvalue weighted by atomic mass is 10.1.